The standard InChI is InChI=1S/3C4H4O4.Na.H2O/c3*5-3(6)1-2-4(7)8;;/h3*1-2H,(H,5,6)(H,7,8);;1H2/q;;;+1;/p-1/b3*2-1-;;. The third kappa shape index (κ3) is 58.3. The van der Waals surface area contributed by atoms with Gasteiger partial charge in [-0.2, -0.15) is 0 Å². The van der Waals surface area contributed by atoms with Crippen LogP contribution in [0.3, 0.4) is 0 Å². The van der Waals surface area contributed by atoms with E-state index in [2.05, 4.69) is 0 Å². The Morgan fingerprint density at radius 3 is 0.500 bits per heavy atom. The molecule has 0 saturated carbocycles. The predicted octanol–water partition coefficient (Wildman–Crippen LogP) is -4.04. The Labute approximate surface area is 166 Å². The summed E-state index contributed by atoms with van der Waals surface area (Å²) in [6, 6.07) is 0. The van der Waals surface area contributed by atoms with E-state index in [9.17, 15) is 28.8 Å². The summed E-state index contributed by atoms with van der Waals surface area (Å²) < 4.78 is 0. The molecule has 26 heavy (non-hydrogen) atoms. The second-order valence-electron chi connectivity index (χ2n) is 3.03. The van der Waals surface area contributed by atoms with Gasteiger partial charge in [0.25, 0.3) is 0 Å². The van der Waals surface area contributed by atoms with Crippen LogP contribution in [0.1, 0.15) is 0 Å². The molecule has 0 amide bonds. The molecule has 0 heterocycles. The first-order valence-electron chi connectivity index (χ1n) is 5.30. The molecule has 0 bridgehead atoms. The molecule has 0 aromatic carbocycles. The van der Waals surface area contributed by atoms with Crippen LogP contribution >= 0.6 is 0 Å². The fourth-order valence-electron chi connectivity index (χ4n) is 0.428. The molecule has 0 unspecified atom stereocenters. The van der Waals surface area contributed by atoms with E-state index in [1.54, 1.807) is 0 Å². The number of hydrogen-bond acceptors (Lipinski definition) is 7. The van der Waals surface area contributed by atoms with Gasteiger partial charge < -0.3 is 36.1 Å². The predicted molar refractivity (Wildman–Crippen MR) is 75.2 cm³/mol. The molecule has 14 heteroatoms. The van der Waals surface area contributed by atoms with Crippen LogP contribution in [0.4, 0.5) is 0 Å². The summed E-state index contributed by atoms with van der Waals surface area (Å²) in [5.74, 6) is -7.54. The molecule has 0 spiro atoms. The van der Waals surface area contributed by atoms with Crippen LogP contribution < -0.4 is 29.6 Å². The Morgan fingerprint density at radius 1 is 0.385 bits per heavy atom. The Kier molecular flexibility index (Phi) is 29.1. The SMILES string of the molecule is O=C(O)/C=C\C(=O)O.O=C(O)/C=C\C(=O)O.O=C(O)/C=C\C(=O)O.[Na+].[OH-]. The zero-order chi connectivity index (χ0) is 19.7. The molecule has 0 fully saturated rings. The van der Waals surface area contributed by atoms with Crippen LogP contribution in [0.25, 0.3) is 0 Å². The van der Waals surface area contributed by atoms with E-state index in [1.165, 1.54) is 0 Å². The number of aliphatic carboxylic acids is 6. The van der Waals surface area contributed by atoms with E-state index >= 15 is 0 Å². The summed E-state index contributed by atoms with van der Waals surface area (Å²) >= 11 is 0. The van der Waals surface area contributed by atoms with Crippen LogP contribution in [0.5, 0.6) is 0 Å². The van der Waals surface area contributed by atoms with Gasteiger partial charge in [0.1, 0.15) is 0 Å². The summed E-state index contributed by atoms with van der Waals surface area (Å²) in [6.45, 7) is 0. The van der Waals surface area contributed by atoms with Crippen molar-refractivity contribution in [3.8, 4) is 0 Å². The molecule has 0 rings (SSSR count). The second-order valence-corrected chi connectivity index (χ2v) is 3.03. The van der Waals surface area contributed by atoms with Gasteiger partial charge in [0.15, 0.2) is 0 Å². The van der Waals surface area contributed by atoms with Gasteiger partial charge in [-0.15, -0.1) is 0 Å². The van der Waals surface area contributed by atoms with Crippen LogP contribution in [-0.4, -0.2) is 71.9 Å². The Balaban J connectivity index is -0.0000000817. The number of carboxylic acids is 6. The molecule has 0 atom stereocenters. The molecule has 13 nitrogen and oxygen atoms in total. The number of rotatable bonds is 6. The normalized spacial score (nSPS) is 8.77. The second kappa shape index (κ2) is 22.0. The third-order valence-corrected chi connectivity index (χ3v) is 1.11. The van der Waals surface area contributed by atoms with Gasteiger partial charge in [-0.05, 0) is 0 Å². The van der Waals surface area contributed by atoms with Crippen molar-refractivity contribution >= 4 is 35.8 Å². The monoisotopic (exact) mass is 388 g/mol. The Morgan fingerprint density at radius 2 is 0.462 bits per heavy atom. The molecule has 0 saturated heterocycles. The smallest absolute Gasteiger partial charge is 0.870 e. The maximum atomic E-state index is 9.55. The van der Waals surface area contributed by atoms with Crippen LogP contribution in [0.2, 0.25) is 0 Å². The molecule has 0 radical (unpaired) electrons. The number of carbonyl (C=O) groups is 6. The summed E-state index contributed by atoms with van der Waals surface area (Å²) in [5.41, 5.74) is 0. The molecule has 140 valence electrons. The first-order valence-corrected chi connectivity index (χ1v) is 5.30. The van der Waals surface area contributed by atoms with Crippen molar-refractivity contribution in [2.75, 3.05) is 0 Å². The average molecular weight is 388 g/mol. The van der Waals surface area contributed by atoms with Crippen LogP contribution in [-0.2, 0) is 28.8 Å². The van der Waals surface area contributed by atoms with Crippen LogP contribution in [0, 0.1) is 0 Å². The number of carboxylic acid groups (broad SMARTS) is 6. The zero-order valence-corrected chi connectivity index (χ0v) is 15.0. The maximum absolute atomic E-state index is 9.55. The summed E-state index contributed by atoms with van der Waals surface area (Å²) in [4.78, 5) is 57.3. The van der Waals surface area contributed by atoms with Crippen molar-refractivity contribution in [2.24, 2.45) is 0 Å². The molecule has 0 aromatic heterocycles. The van der Waals surface area contributed by atoms with Crippen LogP contribution in [0.15, 0.2) is 36.5 Å². The van der Waals surface area contributed by atoms with Crippen molar-refractivity contribution < 1.29 is 94.4 Å². The molecule has 0 aromatic rings. The Hall–Kier alpha value is -3.00. The summed E-state index contributed by atoms with van der Waals surface area (Å²) in [5, 5.41) is 46.9. The van der Waals surface area contributed by atoms with Gasteiger partial charge in [0, 0.05) is 36.5 Å². The van der Waals surface area contributed by atoms with E-state index in [-0.39, 0.29) is 35.0 Å². The molecular formula is C12H13NaO13. The first kappa shape index (κ1) is 34.4. The van der Waals surface area contributed by atoms with Gasteiger partial charge in [-0.25, -0.2) is 28.8 Å². The minimum Gasteiger partial charge on any atom is -0.870 e. The van der Waals surface area contributed by atoms with Gasteiger partial charge >= 0.3 is 65.4 Å². The maximum Gasteiger partial charge on any atom is 1.00 e. The summed E-state index contributed by atoms with van der Waals surface area (Å²) in [7, 11) is 0. The minimum absolute atomic E-state index is 0. The first-order chi connectivity index (χ1) is 10.9. The fraction of sp³-hybridized carbons (Fsp3) is 0. The van der Waals surface area contributed by atoms with Crippen molar-refractivity contribution in [2.45, 2.75) is 0 Å². The van der Waals surface area contributed by atoms with Gasteiger partial charge in [-0.1, -0.05) is 0 Å². The van der Waals surface area contributed by atoms with E-state index in [4.69, 9.17) is 30.6 Å². The van der Waals surface area contributed by atoms with E-state index in [0.29, 0.717) is 36.5 Å². The molecule has 7 N–H and O–H groups in total. The van der Waals surface area contributed by atoms with Crippen molar-refractivity contribution in [1.82, 2.24) is 0 Å². The van der Waals surface area contributed by atoms with Crippen molar-refractivity contribution in [1.29, 1.82) is 0 Å². The zero-order valence-electron chi connectivity index (χ0n) is 13.0. The summed E-state index contributed by atoms with van der Waals surface area (Å²) in [6.07, 6.45) is 3.35. The largest absolute Gasteiger partial charge is 1.00 e. The van der Waals surface area contributed by atoms with Crippen molar-refractivity contribution in [3.63, 3.8) is 0 Å². The minimum atomic E-state index is -1.26. The Bertz CT molecular complexity index is 445. The van der Waals surface area contributed by atoms with E-state index < -0.39 is 35.8 Å². The number of hydrogen-bond donors (Lipinski definition) is 6. The molecular weight excluding hydrogens is 375 g/mol. The van der Waals surface area contributed by atoms with E-state index in [1.807, 2.05) is 0 Å². The third-order valence-electron chi connectivity index (χ3n) is 1.11. The van der Waals surface area contributed by atoms with Gasteiger partial charge in [-0.3, -0.25) is 0 Å². The van der Waals surface area contributed by atoms with Crippen molar-refractivity contribution in [3.05, 3.63) is 36.5 Å². The van der Waals surface area contributed by atoms with Gasteiger partial charge in [0.2, 0.25) is 0 Å². The fourth-order valence-corrected chi connectivity index (χ4v) is 0.428. The molecule has 0 aliphatic heterocycles. The van der Waals surface area contributed by atoms with E-state index in [0.717, 1.165) is 0 Å². The quantitative estimate of drug-likeness (QED) is 0.187. The molecule has 0 aliphatic carbocycles. The van der Waals surface area contributed by atoms with Gasteiger partial charge in [0.05, 0.1) is 0 Å². The average Bonchev–Trinajstić information content (AvgIpc) is 2.42. The topological polar surface area (TPSA) is 254 Å². The molecule has 0 aliphatic rings.